The summed E-state index contributed by atoms with van der Waals surface area (Å²) in [4.78, 5) is 20.4. The van der Waals surface area contributed by atoms with Crippen molar-refractivity contribution in [3.05, 3.63) is 58.6 Å². The number of carbonyl (C=O) groups excluding carboxylic acids is 1. The van der Waals surface area contributed by atoms with E-state index in [-0.39, 0.29) is 12.4 Å². The topological polar surface area (TPSA) is 89.1 Å². The molecule has 0 aliphatic heterocycles. The first-order chi connectivity index (χ1) is 13.5. The maximum absolute atomic E-state index is 11.9. The van der Waals surface area contributed by atoms with Gasteiger partial charge in [0.05, 0.1) is 16.8 Å². The molecule has 0 fully saturated rings. The predicted molar refractivity (Wildman–Crippen MR) is 115 cm³/mol. The molecule has 0 saturated carbocycles. The molecule has 0 spiro atoms. The Kier molecular flexibility index (Phi) is 8.02. The Morgan fingerprint density at radius 2 is 1.93 bits per heavy atom. The monoisotopic (exact) mass is 400 g/mol. The Morgan fingerprint density at radius 3 is 2.61 bits per heavy atom. The molecule has 0 heterocycles. The van der Waals surface area contributed by atoms with Crippen LogP contribution >= 0.6 is 11.6 Å². The molecular formula is C21H25ClN4O2. The number of aliphatic imine (C=N–C) groups is 2. The minimum atomic E-state index is -0.468. The zero-order valence-electron chi connectivity index (χ0n) is 16.3. The number of hydrogen-bond donors (Lipinski definition) is 2. The number of benzene rings is 2. The van der Waals surface area contributed by atoms with Crippen molar-refractivity contribution in [2.24, 2.45) is 9.98 Å². The molecule has 2 rings (SSSR count). The molecule has 1 unspecified atom stereocenters. The molecule has 0 aliphatic rings. The van der Waals surface area contributed by atoms with Crippen LogP contribution < -0.4 is 15.8 Å². The molecule has 2 aromatic carbocycles. The van der Waals surface area contributed by atoms with Gasteiger partial charge in [0.2, 0.25) is 5.96 Å². The number of rotatable bonds is 6. The summed E-state index contributed by atoms with van der Waals surface area (Å²) in [5.41, 5.74) is 7.93. The molecule has 0 saturated heterocycles. The van der Waals surface area contributed by atoms with Crippen molar-refractivity contribution in [2.75, 3.05) is 12.8 Å². The van der Waals surface area contributed by atoms with Crippen LogP contribution in [-0.4, -0.2) is 25.2 Å². The lowest BCUT2D eigenvalue weighted by Crippen LogP contribution is -2.29. The molecule has 0 amide bonds. The standard InChI is InChI=1S/C21H25ClN4O2/c1-4-13-25-21(24-3)26-20(15-10-8-11-16(23)19(15)22)14-9-6-7-12-17(14)28-18(27)5-2/h6-13,20H,4-5,23H2,1-3H3,(H,24,26)/b25-13-. The Balaban J connectivity index is 2.58. The van der Waals surface area contributed by atoms with Crippen molar-refractivity contribution in [2.45, 2.75) is 32.7 Å². The fourth-order valence-corrected chi connectivity index (χ4v) is 2.82. The van der Waals surface area contributed by atoms with Gasteiger partial charge in [0.15, 0.2) is 0 Å². The zero-order chi connectivity index (χ0) is 20.5. The van der Waals surface area contributed by atoms with E-state index in [9.17, 15) is 4.79 Å². The average molecular weight is 401 g/mol. The largest absolute Gasteiger partial charge is 0.426 e. The summed E-state index contributed by atoms with van der Waals surface area (Å²) >= 11 is 6.50. The molecule has 0 radical (unpaired) electrons. The first-order valence-corrected chi connectivity index (χ1v) is 9.48. The van der Waals surface area contributed by atoms with E-state index in [0.29, 0.717) is 22.4 Å². The molecule has 7 heteroatoms. The second-order valence-electron chi connectivity index (χ2n) is 5.96. The van der Waals surface area contributed by atoms with Gasteiger partial charge in [-0.25, -0.2) is 4.99 Å². The maximum Gasteiger partial charge on any atom is 0.310 e. The number of nitrogens with two attached hydrogens (primary N) is 1. The van der Waals surface area contributed by atoms with Crippen LogP contribution in [0.1, 0.15) is 43.9 Å². The summed E-state index contributed by atoms with van der Waals surface area (Å²) in [6, 6.07) is 12.2. The number of nitrogens with one attached hydrogen (secondary N) is 1. The van der Waals surface area contributed by atoms with Gasteiger partial charge in [0.25, 0.3) is 0 Å². The number of ether oxygens (including phenoxy) is 1. The van der Waals surface area contributed by atoms with Gasteiger partial charge in [-0.3, -0.25) is 9.79 Å². The quantitative estimate of drug-likeness (QED) is 0.247. The van der Waals surface area contributed by atoms with Gasteiger partial charge in [-0.2, -0.15) is 0 Å². The molecular weight excluding hydrogens is 376 g/mol. The van der Waals surface area contributed by atoms with Gasteiger partial charge in [0.1, 0.15) is 5.75 Å². The Morgan fingerprint density at radius 1 is 1.21 bits per heavy atom. The van der Waals surface area contributed by atoms with E-state index < -0.39 is 6.04 Å². The number of para-hydroxylation sites is 1. The number of hydrogen-bond acceptors (Lipinski definition) is 4. The van der Waals surface area contributed by atoms with Crippen LogP contribution in [-0.2, 0) is 4.79 Å². The van der Waals surface area contributed by atoms with Crippen molar-refractivity contribution < 1.29 is 9.53 Å². The van der Waals surface area contributed by atoms with E-state index in [2.05, 4.69) is 15.3 Å². The van der Waals surface area contributed by atoms with Gasteiger partial charge in [-0.1, -0.05) is 55.8 Å². The highest BCUT2D eigenvalue weighted by Gasteiger charge is 2.23. The Bertz CT molecular complexity index is 880. The maximum atomic E-state index is 11.9. The third-order valence-corrected chi connectivity index (χ3v) is 4.43. The van der Waals surface area contributed by atoms with Crippen LogP contribution in [0.15, 0.2) is 52.4 Å². The van der Waals surface area contributed by atoms with Gasteiger partial charge in [0, 0.05) is 25.2 Å². The number of guanidine groups is 1. The molecule has 0 aromatic heterocycles. The summed E-state index contributed by atoms with van der Waals surface area (Å²) in [5.74, 6) is 0.556. The van der Waals surface area contributed by atoms with E-state index >= 15 is 0 Å². The molecule has 2 aromatic rings. The zero-order valence-corrected chi connectivity index (χ0v) is 17.0. The third-order valence-electron chi connectivity index (χ3n) is 3.99. The van der Waals surface area contributed by atoms with Gasteiger partial charge in [-0.15, -0.1) is 0 Å². The lowest BCUT2D eigenvalue weighted by atomic mass is 9.97. The van der Waals surface area contributed by atoms with Crippen LogP contribution in [0.3, 0.4) is 0 Å². The second kappa shape index (κ2) is 10.5. The highest BCUT2D eigenvalue weighted by molar-refractivity contribution is 6.34. The van der Waals surface area contributed by atoms with E-state index in [1.54, 1.807) is 32.3 Å². The normalized spacial score (nSPS) is 12.8. The lowest BCUT2D eigenvalue weighted by molar-refractivity contribution is -0.134. The SMILES string of the molecule is CC/C=N\C(=NC)NC(c1ccccc1OC(=O)CC)c1cccc(N)c1Cl. The summed E-state index contributed by atoms with van der Waals surface area (Å²) in [7, 11) is 1.65. The van der Waals surface area contributed by atoms with Crippen molar-refractivity contribution in [1.82, 2.24) is 5.32 Å². The number of esters is 1. The summed E-state index contributed by atoms with van der Waals surface area (Å²) in [5, 5.41) is 3.71. The number of halogens is 1. The summed E-state index contributed by atoms with van der Waals surface area (Å²) in [6.07, 6.45) is 2.80. The second-order valence-corrected chi connectivity index (χ2v) is 6.34. The van der Waals surface area contributed by atoms with Crippen LogP contribution in [0.25, 0.3) is 0 Å². The van der Waals surface area contributed by atoms with Crippen molar-refractivity contribution >= 4 is 35.4 Å². The van der Waals surface area contributed by atoms with Crippen LogP contribution in [0, 0.1) is 0 Å². The summed E-state index contributed by atoms with van der Waals surface area (Å²) < 4.78 is 5.53. The smallest absolute Gasteiger partial charge is 0.310 e. The average Bonchev–Trinajstić information content (AvgIpc) is 2.71. The Hall–Kier alpha value is -2.86. The van der Waals surface area contributed by atoms with E-state index in [1.807, 2.05) is 37.3 Å². The van der Waals surface area contributed by atoms with Gasteiger partial charge in [-0.05, 0) is 24.1 Å². The van der Waals surface area contributed by atoms with Crippen LogP contribution in [0.4, 0.5) is 5.69 Å². The van der Waals surface area contributed by atoms with Crippen LogP contribution in [0.2, 0.25) is 5.02 Å². The van der Waals surface area contributed by atoms with E-state index in [1.165, 1.54) is 0 Å². The van der Waals surface area contributed by atoms with E-state index in [0.717, 1.165) is 17.5 Å². The fourth-order valence-electron chi connectivity index (χ4n) is 2.59. The molecule has 6 nitrogen and oxygen atoms in total. The van der Waals surface area contributed by atoms with E-state index in [4.69, 9.17) is 22.1 Å². The molecule has 3 N–H and O–H groups in total. The van der Waals surface area contributed by atoms with Gasteiger partial charge >= 0.3 is 5.97 Å². The summed E-state index contributed by atoms with van der Waals surface area (Å²) in [6.45, 7) is 3.74. The first kappa shape index (κ1) is 21.4. The number of carbonyl (C=O) groups is 1. The highest BCUT2D eigenvalue weighted by atomic mass is 35.5. The van der Waals surface area contributed by atoms with Gasteiger partial charge < -0.3 is 15.8 Å². The first-order valence-electron chi connectivity index (χ1n) is 9.11. The lowest BCUT2D eigenvalue weighted by Gasteiger charge is -2.23. The molecule has 1 atom stereocenters. The molecule has 28 heavy (non-hydrogen) atoms. The molecule has 0 aliphatic carbocycles. The minimum absolute atomic E-state index is 0.272. The van der Waals surface area contributed by atoms with Crippen LogP contribution in [0.5, 0.6) is 5.75 Å². The minimum Gasteiger partial charge on any atom is -0.426 e. The van der Waals surface area contributed by atoms with Crippen molar-refractivity contribution in [1.29, 1.82) is 0 Å². The Labute approximate surface area is 170 Å². The molecule has 148 valence electrons. The number of anilines is 1. The predicted octanol–water partition coefficient (Wildman–Crippen LogP) is 4.38. The number of nitrogen functional groups attached to an aromatic ring is 1. The third kappa shape index (κ3) is 5.33. The molecule has 0 bridgehead atoms. The van der Waals surface area contributed by atoms with Crippen molar-refractivity contribution in [3.63, 3.8) is 0 Å². The number of nitrogens with zero attached hydrogens (tertiary/aromatic N) is 2. The fraction of sp³-hybridized carbons (Fsp3) is 0.286. The van der Waals surface area contributed by atoms with Crippen molar-refractivity contribution in [3.8, 4) is 5.75 Å². The highest BCUT2D eigenvalue weighted by Crippen LogP contribution is 2.36.